The molecule has 1 aliphatic rings. The van der Waals surface area contributed by atoms with Crippen molar-refractivity contribution in [3.8, 4) is 5.75 Å². The minimum Gasteiger partial charge on any atom is -0.493 e. The van der Waals surface area contributed by atoms with E-state index in [1.165, 1.54) is 5.56 Å². The highest BCUT2D eigenvalue weighted by Gasteiger charge is 2.12. The molecular formula is C11H15NO2. The fraction of sp³-hybridized carbons (Fsp3) is 0.455. The van der Waals surface area contributed by atoms with E-state index >= 15 is 0 Å². The molecule has 3 heteroatoms. The van der Waals surface area contributed by atoms with E-state index in [1.54, 1.807) is 0 Å². The standard InChI is InChI=1S/C11H15NO2/c12-10(7-13)9-4-3-8-2-1-5-14-11(8)6-9/h3-4,6,10,13H,1-2,5,7,12H2/t10-/m0/s1. The van der Waals surface area contributed by atoms with Crippen molar-refractivity contribution in [1.29, 1.82) is 0 Å². The molecule has 3 N–H and O–H groups in total. The van der Waals surface area contributed by atoms with E-state index in [9.17, 15) is 0 Å². The Balaban J connectivity index is 2.29. The number of nitrogens with two attached hydrogens (primary N) is 1. The van der Waals surface area contributed by atoms with Gasteiger partial charge in [-0.2, -0.15) is 0 Å². The molecule has 1 aliphatic heterocycles. The molecule has 1 aromatic carbocycles. The molecule has 0 unspecified atom stereocenters. The van der Waals surface area contributed by atoms with Crippen LogP contribution in [0.3, 0.4) is 0 Å². The van der Waals surface area contributed by atoms with Crippen molar-refractivity contribution in [2.75, 3.05) is 13.2 Å². The van der Waals surface area contributed by atoms with Crippen molar-refractivity contribution in [2.24, 2.45) is 5.73 Å². The van der Waals surface area contributed by atoms with Gasteiger partial charge in [0, 0.05) is 0 Å². The minimum atomic E-state index is -0.300. The number of benzene rings is 1. The molecule has 0 spiro atoms. The Bertz CT molecular complexity index is 325. The van der Waals surface area contributed by atoms with Crippen LogP contribution in [0.4, 0.5) is 0 Å². The molecule has 0 amide bonds. The van der Waals surface area contributed by atoms with Crippen molar-refractivity contribution in [3.05, 3.63) is 29.3 Å². The smallest absolute Gasteiger partial charge is 0.122 e. The largest absolute Gasteiger partial charge is 0.493 e. The molecule has 0 aliphatic carbocycles. The molecular weight excluding hydrogens is 178 g/mol. The van der Waals surface area contributed by atoms with Gasteiger partial charge in [0.15, 0.2) is 0 Å². The SMILES string of the molecule is N[C@@H](CO)c1ccc2c(c1)OCCC2. The van der Waals surface area contributed by atoms with Crippen LogP contribution in [-0.4, -0.2) is 18.3 Å². The van der Waals surface area contributed by atoms with E-state index in [0.29, 0.717) is 0 Å². The minimum absolute atomic E-state index is 0.0290. The fourth-order valence-corrected chi connectivity index (χ4v) is 1.69. The molecule has 0 aromatic heterocycles. The summed E-state index contributed by atoms with van der Waals surface area (Å²) in [6.07, 6.45) is 2.16. The molecule has 2 rings (SSSR count). The number of ether oxygens (including phenoxy) is 1. The molecule has 1 heterocycles. The lowest BCUT2D eigenvalue weighted by Gasteiger charge is -2.19. The van der Waals surface area contributed by atoms with E-state index in [0.717, 1.165) is 30.8 Å². The van der Waals surface area contributed by atoms with E-state index in [4.69, 9.17) is 15.6 Å². The van der Waals surface area contributed by atoms with Gasteiger partial charge in [-0.3, -0.25) is 0 Å². The number of aliphatic hydroxyl groups is 1. The van der Waals surface area contributed by atoms with E-state index in [-0.39, 0.29) is 12.6 Å². The second kappa shape index (κ2) is 3.98. The van der Waals surface area contributed by atoms with E-state index in [2.05, 4.69) is 0 Å². The van der Waals surface area contributed by atoms with Crippen LogP contribution >= 0.6 is 0 Å². The Hall–Kier alpha value is -1.06. The summed E-state index contributed by atoms with van der Waals surface area (Å²) in [7, 11) is 0. The second-order valence-electron chi connectivity index (χ2n) is 3.61. The van der Waals surface area contributed by atoms with Gasteiger partial charge in [0.25, 0.3) is 0 Å². The summed E-state index contributed by atoms with van der Waals surface area (Å²) >= 11 is 0. The number of hydrogen-bond donors (Lipinski definition) is 2. The highest BCUT2D eigenvalue weighted by molar-refractivity contribution is 5.39. The number of aliphatic hydroxyl groups excluding tert-OH is 1. The number of fused-ring (bicyclic) bond motifs is 1. The van der Waals surface area contributed by atoms with Crippen LogP contribution in [0.15, 0.2) is 18.2 Å². The summed E-state index contributed by atoms with van der Waals surface area (Å²) in [5.74, 6) is 0.928. The van der Waals surface area contributed by atoms with Gasteiger partial charge in [0.2, 0.25) is 0 Å². The molecule has 1 aromatic rings. The van der Waals surface area contributed by atoms with Crippen molar-refractivity contribution in [2.45, 2.75) is 18.9 Å². The number of rotatable bonds is 2. The first-order valence-corrected chi connectivity index (χ1v) is 4.93. The number of hydrogen-bond acceptors (Lipinski definition) is 3. The first kappa shape index (κ1) is 9.49. The lowest BCUT2D eigenvalue weighted by Crippen LogP contribution is -2.16. The lowest BCUT2D eigenvalue weighted by molar-refractivity contribution is 0.266. The molecule has 0 fully saturated rings. The first-order chi connectivity index (χ1) is 6.81. The van der Waals surface area contributed by atoms with Crippen LogP contribution in [-0.2, 0) is 6.42 Å². The lowest BCUT2D eigenvalue weighted by atomic mass is 10.0. The van der Waals surface area contributed by atoms with E-state index < -0.39 is 0 Å². The fourth-order valence-electron chi connectivity index (χ4n) is 1.69. The van der Waals surface area contributed by atoms with Crippen molar-refractivity contribution >= 4 is 0 Å². The van der Waals surface area contributed by atoms with E-state index in [1.807, 2.05) is 18.2 Å². The average molecular weight is 193 g/mol. The van der Waals surface area contributed by atoms with Crippen LogP contribution in [0, 0.1) is 0 Å². The third-order valence-electron chi connectivity index (χ3n) is 2.56. The Labute approximate surface area is 83.5 Å². The molecule has 0 saturated carbocycles. The summed E-state index contributed by atoms with van der Waals surface area (Å²) in [6.45, 7) is 0.754. The molecule has 0 saturated heterocycles. The summed E-state index contributed by atoms with van der Waals surface area (Å²) in [5.41, 5.74) is 7.90. The van der Waals surface area contributed by atoms with Crippen LogP contribution in [0.5, 0.6) is 5.75 Å². The maximum Gasteiger partial charge on any atom is 0.122 e. The van der Waals surface area contributed by atoms with Gasteiger partial charge >= 0.3 is 0 Å². The quantitative estimate of drug-likeness (QED) is 0.736. The van der Waals surface area contributed by atoms with Gasteiger partial charge in [-0.15, -0.1) is 0 Å². The van der Waals surface area contributed by atoms with Crippen LogP contribution in [0.1, 0.15) is 23.6 Å². The monoisotopic (exact) mass is 193 g/mol. The van der Waals surface area contributed by atoms with Crippen LogP contribution < -0.4 is 10.5 Å². The summed E-state index contributed by atoms with van der Waals surface area (Å²) in [4.78, 5) is 0. The Morgan fingerprint density at radius 1 is 1.50 bits per heavy atom. The number of aryl methyl sites for hydroxylation is 1. The molecule has 76 valence electrons. The maximum atomic E-state index is 8.93. The van der Waals surface area contributed by atoms with Gasteiger partial charge in [0.1, 0.15) is 5.75 Å². The Kier molecular flexibility index (Phi) is 2.70. The van der Waals surface area contributed by atoms with Gasteiger partial charge < -0.3 is 15.6 Å². The molecule has 0 radical (unpaired) electrons. The van der Waals surface area contributed by atoms with Gasteiger partial charge in [-0.25, -0.2) is 0 Å². The predicted octanol–water partition coefficient (Wildman–Crippen LogP) is 1.00. The third kappa shape index (κ3) is 1.74. The normalized spacial score (nSPS) is 17.0. The van der Waals surface area contributed by atoms with Crippen molar-refractivity contribution < 1.29 is 9.84 Å². The average Bonchev–Trinajstić information content (AvgIpc) is 2.27. The van der Waals surface area contributed by atoms with Gasteiger partial charge in [-0.05, 0) is 30.0 Å². The molecule has 3 nitrogen and oxygen atoms in total. The van der Waals surface area contributed by atoms with Gasteiger partial charge in [0.05, 0.1) is 19.3 Å². The second-order valence-corrected chi connectivity index (χ2v) is 3.61. The van der Waals surface area contributed by atoms with Gasteiger partial charge in [-0.1, -0.05) is 12.1 Å². The summed E-state index contributed by atoms with van der Waals surface area (Å²) in [6, 6.07) is 5.65. The zero-order chi connectivity index (χ0) is 9.97. The Morgan fingerprint density at radius 2 is 2.36 bits per heavy atom. The molecule has 0 bridgehead atoms. The summed E-state index contributed by atoms with van der Waals surface area (Å²) < 4.78 is 5.52. The molecule has 1 atom stereocenters. The molecule has 14 heavy (non-hydrogen) atoms. The highest BCUT2D eigenvalue weighted by Crippen LogP contribution is 2.27. The highest BCUT2D eigenvalue weighted by atomic mass is 16.5. The van der Waals surface area contributed by atoms with Crippen LogP contribution in [0.25, 0.3) is 0 Å². The Morgan fingerprint density at radius 3 is 3.14 bits per heavy atom. The summed E-state index contributed by atoms with van der Waals surface area (Å²) in [5, 5.41) is 8.93. The third-order valence-corrected chi connectivity index (χ3v) is 2.56. The maximum absolute atomic E-state index is 8.93. The first-order valence-electron chi connectivity index (χ1n) is 4.93. The van der Waals surface area contributed by atoms with Crippen molar-refractivity contribution in [3.63, 3.8) is 0 Å². The zero-order valence-electron chi connectivity index (χ0n) is 8.07. The predicted molar refractivity (Wildman–Crippen MR) is 54.3 cm³/mol. The topological polar surface area (TPSA) is 55.5 Å². The zero-order valence-corrected chi connectivity index (χ0v) is 8.07. The van der Waals surface area contributed by atoms with Crippen LogP contribution in [0.2, 0.25) is 0 Å². The van der Waals surface area contributed by atoms with Crippen molar-refractivity contribution in [1.82, 2.24) is 0 Å².